The molecule has 0 bridgehead atoms. The van der Waals surface area contributed by atoms with Crippen LogP contribution in [-0.2, 0) is 19.4 Å². The van der Waals surface area contributed by atoms with E-state index in [0.29, 0.717) is 6.54 Å². The number of rotatable bonds is 3. The number of aromatic nitrogens is 2. The smallest absolute Gasteiger partial charge is 0.261 e. The van der Waals surface area contributed by atoms with Crippen molar-refractivity contribution in [3.63, 3.8) is 0 Å². The summed E-state index contributed by atoms with van der Waals surface area (Å²) in [7, 11) is 0. The largest absolute Gasteiger partial charge is 0.348 e. The summed E-state index contributed by atoms with van der Waals surface area (Å²) in [5.74, 6) is -0.335. The van der Waals surface area contributed by atoms with Gasteiger partial charge in [0.2, 0.25) is 0 Å². The lowest BCUT2D eigenvalue weighted by molar-refractivity contribution is 0.0949. The summed E-state index contributed by atoms with van der Waals surface area (Å²) >= 11 is 0. The average Bonchev–Trinajstić information content (AvgIpc) is 2.92. The molecule has 0 saturated heterocycles. The molecule has 2 N–H and O–H groups in total. The highest BCUT2D eigenvalue weighted by molar-refractivity contribution is 5.94. The first-order valence-corrected chi connectivity index (χ1v) is 6.66. The number of pyridine rings is 2. The number of hydrogen-bond donors (Lipinski definition) is 2. The summed E-state index contributed by atoms with van der Waals surface area (Å²) in [4.78, 5) is 30.7. The maximum absolute atomic E-state index is 12.1. The summed E-state index contributed by atoms with van der Waals surface area (Å²) in [6, 6.07) is 5.38. The van der Waals surface area contributed by atoms with Gasteiger partial charge in [-0.05, 0) is 48.6 Å². The third-order valence-electron chi connectivity index (χ3n) is 3.54. The predicted octanol–water partition coefficient (Wildman–Crippen LogP) is 1.19. The van der Waals surface area contributed by atoms with E-state index in [2.05, 4.69) is 15.3 Å². The molecular formula is C15H15N3O2. The molecule has 0 fully saturated rings. The van der Waals surface area contributed by atoms with E-state index in [9.17, 15) is 9.59 Å². The van der Waals surface area contributed by atoms with Gasteiger partial charge in [-0.2, -0.15) is 0 Å². The molecule has 3 rings (SSSR count). The normalized spacial score (nSPS) is 13.0. The van der Waals surface area contributed by atoms with Crippen LogP contribution >= 0.6 is 0 Å². The second-order valence-electron chi connectivity index (χ2n) is 4.91. The lowest BCUT2D eigenvalue weighted by Crippen LogP contribution is -2.29. The summed E-state index contributed by atoms with van der Waals surface area (Å²) in [6.07, 6.45) is 6.20. The van der Waals surface area contributed by atoms with E-state index in [1.165, 1.54) is 0 Å². The van der Waals surface area contributed by atoms with Crippen LogP contribution in [0.1, 0.15) is 33.6 Å². The maximum Gasteiger partial charge on any atom is 0.261 e. The Labute approximate surface area is 116 Å². The van der Waals surface area contributed by atoms with Gasteiger partial charge in [0.25, 0.3) is 11.5 Å². The number of hydrogen-bond acceptors (Lipinski definition) is 3. The Bertz CT molecular complexity index is 692. The van der Waals surface area contributed by atoms with Crippen LogP contribution in [0.2, 0.25) is 0 Å². The van der Waals surface area contributed by atoms with Crippen LogP contribution in [0.5, 0.6) is 0 Å². The number of carbonyl (C=O) groups is 1. The van der Waals surface area contributed by atoms with Crippen LogP contribution in [0, 0.1) is 0 Å². The molecule has 1 amide bonds. The minimum Gasteiger partial charge on any atom is -0.348 e. The van der Waals surface area contributed by atoms with Gasteiger partial charge in [-0.25, -0.2) is 0 Å². The molecule has 0 atom stereocenters. The van der Waals surface area contributed by atoms with Crippen LogP contribution in [-0.4, -0.2) is 15.9 Å². The zero-order valence-corrected chi connectivity index (χ0v) is 11.0. The van der Waals surface area contributed by atoms with Gasteiger partial charge in [-0.15, -0.1) is 0 Å². The number of carbonyl (C=O) groups excluding carboxylic acids is 1. The zero-order chi connectivity index (χ0) is 13.9. The van der Waals surface area contributed by atoms with E-state index in [1.807, 2.05) is 12.1 Å². The third-order valence-corrected chi connectivity index (χ3v) is 3.54. The van der Waals surface area contributed by atoms with E-state index >= 15 is 0 Å². The standard InChI is InChI=1S/C15H15N3O2/c19-14(17-9-10-4-6-16-7-5-10)12-8-11-2-1-3-13(11)18-15(12)20/h4-8H,1-3,9H2,(H,17,19)(H,18,20). The van der Waals surface area contributed by atoms with Gasteiger partial charge >= 0.3 is 0 Å². The minimum atomic E-state index is -0.335. The number of fused-ring (bicyclic) bond motifs is 1. The van der Waals surface area contributed by atoms with E-state index in [1.54, 1.807) is 18.5 Å². The van der Waals surface area contributed by atoms with Gasteiger partial charge < -0.3 is 10.3 Å². The number of amides is 1. The molecule has 0 aliphatic heterocycles. The molecule has 102 valence electrons. The first-order valence-electron chi connectivity index (χ1n) is 6.66. The minimum absolute atomic E-state index is 0.194. The number of nitrogens with one attached hydrogen (secondary N) is 2. The van der Waals surface area contributed by atoms with Gasteiger partial charge in [-0.3, -0.25) is 14.6 Å². The first kappa shape index (κ1) is 12.6. The number of nitrogens with zero attached hydrogens (tertiary/aromatic N) is 1. The van der Waals surface area contributed by atoms with Crippen molar-refractivity contribution in [3.8, 4) is 0 Å². The highest BCUT2D eigenvalue weighted by atomic mass is 16.2. The third kappa shape index (κ3) is 2.47. The molecule has 5 nitrogen and oxygen atoms in total. The van der Waals surface area contributed by atoms with Crippen molar-refractivity contribution in [1.82, 2.24) is 15.3 Å². The zero-order valence-electron chi connectivity index (χ0n) is 11.0. The molecule has 2 aromatic heterocycles. The summed E-state index contributed by atoms with van der Waals surface area (Å²) < 4.78 is 0. The Hall–Kier alpha value is -2.43. The lowest BCUT2D eigenvalue weighted by Gasteiger charge is -2.06. The molecule has 0 radical (unpaired) electrons. The molecule has 0 saturated carbocycles. The Morgan fingerprint density at radius 2 is 2.10 bits per heavy atom. The summed E-state index contributed by atoms with van der Waals surface area (Å²) in [5.41, 5.74) is 2.89. The molecule has 0 aromatic carbocycles. The van der Waals surface area contributed by atoms with Gasteiger partial charge in [0.1, 0.15) is 5.56 Å². The molecule has 20 heavy (non-hydrogen) atoms. The van der Waals surface area contributed by atoms with Crippen molar-refractivity contribution in [2.75, 3.05) is 0 Å². The Balaban J connectivity index is 1.76. The van der Waals surface area contributed by atoms with E-state index < -0.39 is 0 Å². The molecule has 1 aliphatic carbocycles. The molecule has 5 heteroatoms. The fourth-order valence-electron chi connectivity index (χ4n) is 2.46. The predicted molar refractivity (Wildman–Crippen MR) is 74.5 cm³/mol. The van der Waals surface area contributed by atoms with Gasteiger partial charge in [-0.1, -0.05) is 0 Å². The van der Waals surface area contributed by atoms with Crippen LogP contribution in [0.4, 0.5) is 0 Å². The van der Waals surface area contributed by atoms with Crippen LogP contribution in [0.25, 0.3) is 0 Å². The first-order chi connectivity index (χ1) is 9.74. The lowest BCUT2D eigenvalue weighted by atomic mass is 10.1. The van der Waals surface area contributed by atoms with Gasteiger partial charge in [0, 0.05) is 24.6 Å². The fraction of sp³-hybridized carbons (Fsp3) is 0.267. The van der Waals surface area contributed by atoms with E-state index in [4.69, 9.17) is 0 Å². The van der Waals surface area contributed by atoms with Gasteiger partial charge in [0.15, 0.2) is 0 Å². The Kier molecular flexibility index (Phi) is 3.33. The van der Waals surface area contributed by atoms with Crippen LogP contribution in [0.15, 0.2) is 35.4 Å². The molecule has 0 unspecified atom stereocenters. The number of aromatic amines is 1. The van der Waals surface area contributed by atoms with E-state index in [0.717, 1.165) is 36.1 Å². The summed E-state index contributed by atoms with van der Waals surface area (Å²) in [6.45, 7) is 0.387. The molecule has 1 aliphatic rings. The quantitative estimate of drug-likeness (QED) is 0.879. The second kappa shape index (κ2) is 5.28. The fourth-order valence-corrected chi connectivity index (χ4v) is 2.46. The highest BCUT2D eigenvalue weighted by Crippen LogP contribution is 2.18. The van der Waals surface area contributed by atoms with Gasteiger partial charge in [0.05, 0.1) is 0 Å². The SMILES string of the molecule is O=C(NCc1ccncc1)c1cc2c([nH]c1=O)CCC2. The second-order valence-corrected chi connectivity index (χ2v) is 4.91. The molecule has 0 spiro atoms. The Morgan fingerprint density at radius 3 is 2.90 bits per heavy atom. The topological polar surface area (TPSA) is 74.8 Å². The average molecular weight is 269 g/mol. The molecular weight excluding hydrogens is 254 g/mol. The van der Waals surface area contributed by atoms with Crippen LogP contribution < -0.4 is 10.9 Å². The maximum atomic E-state index is 12.1. The van der Waals surface area contributed by atoms with Crippen LogP contribution in [0.3, 0.4) is 0 Å². The summed E-state index contributed by atoms with van der Waals surface area (Å²) in [5, 5.41) is 2.76. The van der Waals surface area contributed by atoms with Crippen molar-refractivity contribution >= 4 is 5.91 Å². The molecule has 2 aromatic rings. The Morgan fingerprint density at radius 1 is 1.30 bits per heavy atom. The monoisotopic (exact) mass is 269 g/mol. The van der Waals surface area contributed by atoms with Crippen molar-refractivity contribution in [1.29, 1.82) is 0 Å². The highest BCUT2D eigenvalue weighted by Gasteiger charge is 2.17. The number of aryl methyl sites for hydroxylation is 2. The van der Waals surface area contributed by atoms with Crippen molar-refractivity contribution < 1.29 is 4.79 Å². The number of H-pyrrole nitrogens is 1. The van der Waals surface area contributed by atoms with Crippen molar-refractivity contribution in [3.05, 3.63) is 63.3 Å². The van der Waals surface area contributed by atoms with Crippen molar-refractivity contribution in [2.24, 2.45) is 0 Å². The van der Waals surface area contributed by atoms with Crippen molar-refractivity contribution in [2.45, 2.75) is 25.8 Å². The molecule has 2 heterocycles. The van der Waals surface area contributed by atoms with E-state index in [-0.39, 0.29) is 17.0 Å².